The van der Waals surface area contributed by atoms with E-state index in [-0.39, 0.29) is 13.1 Å². The molecule has 2 aromatic rings. The van der Waals surface area contributed by atoms with Gasteiger partial charge >= 0.3 is 6.18 Å². The van der Waals surface area contributed by atoms with Gasteiger partial charge in [0.05, 0.1) is 18.7 Å². The lowest BCUT2D eigenvalue weighted by atomic mass is 10.0. The molecule has 5 nitrogen and oxygen atoms in total. The van der Waals surface area contributed by atoms with Gasteiger partial charge in [-0.25, -0.2) is 4.99 Å². The lowest BCUT2D eigenvalue weighted by Crippen LogP contribution is -2.44. The van der Waals surface area contributed by atoms with Gasteiger partial charge in [-0.1, -0.05) is 12.1 Å². The van der Waals surface area contributed by atoms with Gasteiger partial charge in [-0.3, -0.25) is 0 Å². The molecule has 148 valence electrons. The van der Waals surface area contributed by atoms with Crippen LogP contribution in [0.2, 0.25) is 0 Å². The number of furan rings is 1. The Morgan fingerprint density at radius 1 is 1.19 bits per heavy atom. The summed E-state index contributed by atoms with van der Waals surface area (Å²) in [5, 5.41) is 16.6. The Bertz CT molecular complexity index is 783. The third kappa shape index (κ3) is 6.02. The zero-order valence-corrected chi connectivity index (χ0v) is 15.5. The molecule has 0 spiro atoms. The van der Waals surface area contributed by atoms with E-state index >= 15 is 0 Å². The lowest BCUT2D eigenvalue weighted by Gasteiger charge is -2.22. The summed E-state index contributed by atoms with van der Waals surface area (Å²) >= 11 is 0. The molecule has 1 atom stereocenters. The maximum absolute atomic E-state index is 12.8. The normalized spacial score (nSPS) is 14.7. The Hall–Kier alpha value is -2.48. The molecule has 0 amide bonds. The summed E-state index contributed by atoms with van der Waals surface area (Å²) in [6.07, 6.45) is -4.39. The van der Waals surface area contributed by atoms with Crippen LogP contribution in [0.1, 0.15) is 36.5 Å². The number of guanidine groups is 1. The first-order valence-electron chi connectivity index (χ1n) is 8.59. The van der Waals surface area contributed by atoms with Crippen molar-refractivity contribution in [3.8, 4) is 0 Å². The largest absolute Gasteiger partial charge is 0.463 e. The SMILES string of the molecule is CCNC(=NCc1cccc(C(F)(F)F)c1)NCC(C)(O)c1ccc(C)o1. The zero-order chi connectivity index (χ0) is 20.1. The molecule has 0 aliphatic carbocycles. The third-order valence-corrected chi connectivity index (χ3v) is 3.89. The fraction of sp³-hybridized carbons (Fsp3) is 0.421. The van der Waals surface area contributed by atoms with Crippen LogP contribution < -0.4 is 10.6 Å². The molecule has 0 bridgehead atoms. The van der Waals surface area contributed by atoms with Gasteiger partial charge in [0, 0.05) is 6.54 Å². The quantitative estimate of drug-likeness (QED) is 0.527. The van der Waals surface area contributed by atoms with E-state index in [1.165, 1.54) is 6.07 Å². The number of aliphatic imine (C=N–C) groups is 1. The molecule has 0 saturated heterocycles. The van der Waals surface area contributed by atoms with Crippen molar-refractivity contribution in [2.45, 2.75) is 39.1 Å². The standard InChI is InChI=1S/C19H24F3N3O2/c1-4-23-17(25-12-18(3,26)16-9-8-13(2)27-16)24-11-14-6-5-7-15(10-14)19(20,21)22/h5-10,26H,4,11-12H2,1-3H3,(H2,23,24,25). The summed E-state index contributed by atoms with van der Waals surface area (Å²) in [7, 11) is 0. The molecule has 0 aliphatic rings. The van der Waals surface area contributed by atoms with Gasteiger partial charge in [-0.15, -0.1) is 0 Å². The van der Waals surface area contributed by atoms with Crippen LogP contribution in [0.25, 0.3) is 0 Å². The molecule has 1 unspecified atom stereocenters. The minimum atomic E-state index is -4.39. The highest BCUT2D eigenvalue weighted by atomic mass is 19.4. The van der Waals surface area contributed by atoms with E-state index in [1.807, 2.05) is 6.92 Å². The van der Waals surface area contributed by atoms with Gasteiger partial charge in [0.15, 0.2) is 5.96 Å². The van der Waals surface area contributed by atoms with Gasteiger partial charge in [-0.2, -0.15) is 13.2 Å². The summed E-state index contributed by atoms with van der Waals surface area (Å²) in [6, 6.07) is 8.51. The number of aliphatic hydroxyl groups is 1. The molecule has 0 fully saturated rings. The molecular weight excluding hydrogens is 359 g/mol. The van der Waals surface area contributed by atoms with E-state index in [9.17, 15) is 18.3 Å². The summed E-state index contributed by atoms with van der Waals surface area (Å²) in [5.74, 6) is 1.50. The van der Waals surface area contributed by atoms with Crippen LogP contribution in [0.4, 0.5) is 13.2 Å². The molecule has 1 heterocycles. The highest BCUT2D eigenvalue weighted by Gasteiger charge is 2.30. The van der Waals surface area contributed by atoms with Crippen LogP contribution in [0, 0.1) is 6.92 Å². The van der Waals surface area contributed by atoms with Crippen molar-refractivity contribution in [1.82, 2.24) is 10.6 Å². The van der Waals surface area contributed by atoms with Crippen molar-refractivity contribution in [1.29, 1.82) is 0 Å². The maximum Gasteiger partial charge on any atom is 0.416 e. The van der Waals surface area contributed by atoms with Crippen LogP contribution >= 0.6 is 0 Å². The smallest absolute Gasteiger partial charge is 0.416 e. The molecular formula is C19H24F3N3O2. The monoisotopic (exact) mass is 383 g/mol. The highest BCUT2D eigenvalue weighted by molar-refractivity contribution is 5.79. The van der Waals surface area contributed by atoms with E-state index in [4.69, 9.17) is 4.42 Å². The lowest BCUT2D eigenvalue weighted by molar-refractivity contribution is -0.137. The van der Waals surface area contributed by atoms with Gasteiger partial charge in [-0.05, 0) is 50.6 Å². The average Bonchev–Trinajstić information content (AvgIpc) is 3.04. The van der Waals surface area contributed by atoms with Crippen molar-refractivity contribution in [2.75, 3.05) is 13.1 Å². The van der Waals surface area contributed by atoms with E-state index in [1.54, 1.807) is 32.0 Å². The molecule has 8 heteroatoms. The van der Waals surface area contributed by atoms with Gasteiger partial charge in [0.1, 0.15) is 17.1 Å². The number of rotatable bonds is 6. The summed E-state index contributed by atoms with van der Waals surface area (Å²) in [4.78, 5) is 4.29. The van der Waals surface area contributed by atoms with Crippen LogP contribution in [0.5, 0.6) is 0 Å². The first-order chi connectivity index (χ1) is 12.6. The topological polar surface area (TPSA) is 69.8 Å². The van der Waals surface area contributed by atoms with Crippen molar-refractivity contribution in [3.05, 3.63) is 59.0 Å². The van der Waals surface area contributed by atoms with Crippen LogP contribution in [-0.2, 0) is 18.3 Å². The Kier molecular flexibility index (Phi) is 6.54. The predicted octanol–water partition coefficient (Wildman–Crippen LogP) is 3.57. The minimum absolute atomic E-state index is 0.0707. The summed E-state index contributed by atoms with van der Waals surface area (Å²) in [6.45, 7) is 6.02. The van der Waals surface area contributed by atoms with Gasteiger partial charge in [0.25, 0.3) is 0 Å². The molecule has 27 heavy (non-hydrogen) atoms. The first kappa shape index (κ1) is 20.8. The number of nitrogens with one attached hydrogen (secondary N) is 2. The van der Waals surface area contributed by atoms with Crippen molar-refractivity contribution >= 4 is 5.96 Å². The predicted molar refractivity (Wildman–Crippen MR) is 97.3 cm³/mol. The molecule has 0 saturated carbocycles. The third-order valence-electron chi connectivity index (χ3n) is 3.89. The number of benzene rings is 1. The Morgan fingerprint density at radius 2 is 1.93 bits per heavy atom. The molecule has 1 aromatic heterocycles. The molecule has 3 N–H and O–H groups in total. The molecule has 0 aliphatic heterocycles. The Balaban J connectivity index is 2.06. The number of aryl methyl sites for hydroxylation is 1. The van der Waals surface area contributed by atoms with Crippen LogP contribution in [0.3, 0.4) is 0 Å². The minimum Gasteiger partial charge on any atom is -0.463 e. The summed E-state index contributed by atoms with van der Waals surface area (Å²) < 4.78 is 43.9. The Labute approximate surface area is 156 Å². The molecule has 0 radical (unpaired) electrons. The fourth-order valence-corrected chi connectivity index (χ4v) is 2.43. The second kappa shape index (κ2) is 8.47. The highest BCUT2D eigenvalue weighted by Crippen LogP contribution is 2.29. The van der Waals surface area contributed by atoms with Gasteiger partial charge < -0.3 is 20.2 Å². The molecule has 2 rings (SSSR count). The van der Waals surface area contributed by atoms with E-state index < -0.39 is 17.3 Å². The second-order valence-electron chi connectivity index (χ2n) is 6.43. The van der Waals surface area contributed by atoms with E-state index in [0.29, 0.717) is 29.6 Å². The number of hydrogen-bond acceptors (Lipinski definition) is 3. The van der Waals surface area contributed by atoms with E-state index in [0.717, 1.165) is 12.1 Å². The average molecular weight is 383 g/mol. The Morgan fingerprint density at radius 3 is 2.52 bits per heavy atom. The second-order valence-corrected chi connectivity index (χ2v) is 6.43. The van der Waals surface area contributed by atoms with Crippen molar-refractivity contribution < 1.29 is 22.7 Å². The number of alkyl halides is 3. The van der Waals surface area contributed by atoms with Crippen LogP contribution in [-0.4, -0.2) is 24.2 Å². The fourth-order valence-electron chi connectivity index (χ4n) is 2.43. The number of hydrogen-bond donors (Lipinski definition) is 3. The number of nitrogens with zero attached hydrogens (tertiary/aromatic N) is 1. The first-order valence-corrected chi connectivity index (χ1v) is 8.59. The number of halogens is 3. The maximum atomic E-state index is 12.8. The van der Waals surface area contributed by atoms with Gasteiger partial charge in [0.2, 0.25) is 0 Å². The molecule has 1 aromatic carbocycles. The van der Waals surface area contributed by atoms with Crippen molar-refractivity contribution in [2.24, 2.45) is 4.99 Å². The zero-order valence-electron chi connectivity index (χ0n) is 15.5. The summed E-state index contributed by atoms with van der Waals surface area (Å²) in [5.41, 5.74) is -1.53. The van der Waals surface area contributed by atoms with Crippen LogP contribution in [0.15, 0.2) is 45.8 Å². The van der Waals surface area contributed by atoms with E-state index in [2.05, 4.69) is 15.6 Å². The van der Waals surface area contributed by atoms with Crippen molar-refractivity contribution in [3.63, 3.8) is 0 Å².